The van der Waals surface area contributed by atoms with Gasteiger partial charge in [0.1, 0.15) is 0 Å². The van der Waals surface area contributed by atoms with Crippen LogP contribution in [0, 0.1) is 0 Å². The summed E-state index contributed by atoms with van der Waals surface area (Å²) in [4.78, 5) is 0. The van der Waals surface area contributed by atoms with Crippen LogP contribution in [0.5, 0.6) is 0 Å². The Bertz CT molecular complexity index is 633. The fourth-order valence-corrected chi connectivity index (χ4v) is 1.68. The summed E-state index contributed by atoms with van der Waals surface area (Å²) in [5.74, 6) is 0. The number of aromatic nitrogens is 4. The first-order valence-corrected chi connectivity index (χ1v) is 5.60. The summed E-state index contributed by atoms with van der Waals surface area (Å²) >= 11 is 0. The van der Waals surface area contributed by atoms with Crippen LogP contribution < -0.4 is 10.2 Å². The van der Waals surface area contributed by atoms with Crippen LogP contribution in [0.4, 0.5) is 0 Å². The van der Waals surface area contributed by atoms with Crippen molar-refractivity contribution in [3.8, 4) is 0 Å². The molecular formula is C14H10GaN4+. The fourth-order valence-electron chi connectivity index (χ4n) is 1.68. The van der Waals surface area contributed by atoms with E-state index in [0.29, 0.717) is 0 Å². The summed E-state index contributed by atoms with van der Waals surface area (Å²) in [5.41, 5.74) is 1.94. The van der Waals surface area contributed by atoms with Crippen LogP contribution in [0.1, 0.15) is 0 Å². The third-order valence-corrected chi connectivity index (χ3v) is 2.60. The summed E-state index contributed by atoms with van der Waals surface area (Å²) in [7, 11) is 0. The van der Waals surface area contributed by atoms with Gasteiger partial charge in [0.25, 0.3) is 0 Å². The van der Waals surface area contributed by atoms with Gasteiger partial charge in [-0.1, -0.05) is 48.5 Å². The Morgan fingerprint density at radius 2 is 1.05 bits per heavy atom. The van der Waals surface area contributed by atoms with Crippen LogP contribution in [0.3, 0.4) is 0 Å². The maximum Gasteiger partial charge on any atom is 3.00 e. The number of benzene rings is 2. The average molecular weight is 304 g/mol. The number of rotatable bonds is 0. The van der Waals surface area contributed by atoms with E-state index in [2.05, 4.69) is 20.4 Å². The first-order valence-electron chi connectivity index (χ1n) is 5.60. The molecule has 5 heteroatoms. The molecule has 0 saturated carbocycles. The largest absolute Gasteiger partial charge is 3.00 e. The van der Waals surface area contributed by atoms with E-state index in [9.17, 15) is 0 Å². The third kappa shape index (κ3) is 3.07. The predicted molar refractivity (Wildman–Crippen MR) is 75.9 cm³/mol. The predicted octanol–water partition coefficient (Wildman–Crippen LogP) is 2.00. The molecule has 0 spiro atoms. The van der Waals surface area contributed by atoms with E-state index in [0.717, 1.165) is 21.8 Å². The summed E-state index contributed by atoms with van der Waals surface area (Å²) in [6, 6.07) is 15.8. The minimum atomic E-state index is 0. The molecule has 88 valence electrons. The van der Waals surface area contributed by atoms with Crippen molar-refractivity contribution in [1.82, 2.24) is 20.4 Å². The molecule has 19 heavy (non-hydrogen) atoms. The quantitative estimate of drug-likeness (QED) is 0.466. The molecule has 4 nitrogen and oxygen atoms in total. The monoisotopic (exact) mass is 303 g/mol. The molecule has 0 aliphatic heterocycles. The van der Waals surface area contributed by atoms with Crippen LogP contribution in [0.15, 0.2) is 60.9 Å². The Morgan fingerprint density at radius 3 is 1.47 bits per heavy atom. The van der Waals surface area contributed by atoms with E-state index >= 15 is 0 Å². The molecule has 0 fully saturated rings. The number of nitrogens with zero attached hydrogens (tertiary/aromatic N) is 4. The van der Waals surface area contributed by atoms with Crippen molar-refractivity contribution in [3.05, 3.63) is 60.9 Å². The van der Waals surface area contributed by atoms with Gasteiger partial charge in [0.05, 0.1) is 0 Å². The Labute approximate surface area is 123 Å². The second kappa shape index (κ2) is 6.26. The van der Waals surface area contributed by atoms with Crippen LogP contribution in [-0.4, -0.2) is 30.0 Å². The van der Waals surface area contributed by atoms with Gasteiger partial charge < -0.3 is 20.4 Å². The molecule has 0 amide bonds. The van der Waals surface area contributed by atoms with Crippen molar-refractivity contribution in [3.63, 3.8) is 0 Å². The SMILES string of the molecule is [Ga+3].c1ccc2[n-]ncc2c1.c1ccc2[n-]ncc2c1. The Morgan fingerprint density at radius 1 is 0.632 bits per heavy atom. The van der Waals surface area contributed by atoms with Crippen LogP contribution >= 0.6 is 0 Å². The van der Waals surface area contributed by atoms with Gasteiger partial charge in [0.15, 0.2) is 0 Å². The van der Waals surface area contributed by atoms with E-state index in [1.165, 1.54) is 0 Å². The van der Waals surface area contributed by atoms with Crippen LogP contribution in [-0.2, 0) is 0 Å². The molecule has 0 aliphatic carbocycles. The Hall–Kier alpha value is -1.98. The van der Waals surface area contributed by atoms with E-state index in [1.54, 1.807) is 12.4 Å². The molecule has 0 radical (unpaired) electrons. The summed E-state index contributed by atoms with van der Waals surface area (Å²) in [6.45, 7) is 0. The zero-order valence-corrected chi connectivity index (χ0v) is 12.6. The van der Waals surface area contributed by atoms with E-state index in [-0.39, 0.29) is 19.8 Å². The number of hydrogen-bond acceptors (Lipinski definition) is 2. The van der Waals surface area contributed by atoms with Gasteiger partial charge in [-0.3, -0.25) is 0 Å². The zero-order valence-electron chi connectivity index (χ0n) is 10.1. The van der Waals surface area contributed by atoms with E-state index < -0.39 is 0 Å². The fraction of sp³-hybridized carbons (Fsp3) is 0. The standard InChI is InChI=1S/2C7H5N2.Ga/c2*1-2-4-7-6(3-1)5-8-9-7;/h2*1-5H;/q2*-1;+3. The summed E-state index contributed by atoms with van der Waals surface area (Å²) in [5, 5.41) is 17.5. The summed E-state index contributed by atoms with van der Waals surface area (Å²) in [6.07, 6.45) is 3.52. The van der Waals surface area contributed by atoms with Crippen molar-refractivity contribution in [2.75, 3.05) is 0 Å². The molecule has 4 rings (SSSR count). The smallest absolute Gasteiger partial charge is 0.575 e. The van der Waals surface area contributed by atoms with Crippen LogP contribution in [0.2, 0.25) is 0 Å². The molecule has 0 bridgehead atoms. The topological polar surface area (TPSA) is 54.0 Å². The molecule has 4 aromatic rings. The third-order valence-electron chi connectivity index (χ3n) is 2.60. The normalized spacial score (nSPS) is 9.68. The summed E-state index contributed by atoms with van der Waals surface area (Å²) < 4.78 is 0. The zero-order chi connectivity index (χ0) is 12.2. The number of fused-ring (bicyclic) bond motifs is 2. The Kier molecular flexibility index (Phi) is 4.43. The van der Waals surface area contributed by atoms with E-state index in [1.807, 2.05) is 48.5 Å². The van der Waals surface area contributed by atoms with Gasteiger partial charge in [-0.05, 0) is 10.8 Å². The van der Waals surface area contributed by atoms with Gasteiger partial charge in [-0.15, -0.1) is 11.0 Å². The second-order valence-electron chi connectivity index (χ2n) is 3.81. The minimum Gasteiger partial charge on any atom is -0.575 e. The first kappa shape index (κ1) is 13.4. The van der Waals surface area contributed by atoms with E-state index in [4.69, 9.17) is 0 Å². The van der Waals surface area contributed by atoms with Crippen molar-refractivity contribution in [2.45, 2.75) is 0 Å². The molecule has 2 heterocycles. The van der Waals surface area contributed by atoms with Gasteiger partial charge in [0.2, 0.25) is 0 Å². The maximum absolute atomic E-state index is 3.87. The second-order valence-corrected chi connectivity index (χ2v) is 3.81. The molecule has 0 N–H and O–H groups in total. The molecule has 0 atom stereocenters. The van der Waals surface area contributed by atoms with Gasteiger partial charge in [0, 0.05) is 12.4 Å². The van der Waals surface area contributed by atoms with Gasteiger partial charge in [-0.25, -0.2) is 0 Å². The molecule has 0 aliphatic rings. The number of hydrogen-bond donors (Lipinski definition) is 0. The van der Waals surface area contributed by atoms with Crippen molar-refractivity contribution >= 4 is 41.6 Å². The van der Waals surface area contributed by atoms with Gasteiger partial charge in [-0.2, -0.15) is 0 Å². The minimum absolute atomic E-state index is 0. The van der Waals surface area contributed by atoms with Crippen LogP contribution in [0.25, 0.3) is 21.8 Å². The average Bonchev–Trinajstić information content (AvgIpc) is 3.08. The van der Waals surface area contributed by atoms with Gasteiger partial charge >= 0.3 is 19.8 Å². The molecule has 2 aromatic carbocycles. The molecule has 2 aromatic heterocycles. The van der Waals surface area contributed by atoms with Crippen molar-refractivity contribution < 1.29 is 0 Å². The Balaban J connectivity index is 0.000000133. The molecule has 0 unspecified atom stereocenters. The molecule has 0 saturated heterocycles. The molecular weight excluding hydrogens is 294 g/mol. The van der Waals surface area contributed by atoms with Crippen molar-refractivity contribution in [2.24, 2.45) is 0 Å². The maximum atomic E-state index is 3.87. The van der Waals surface area contributed by atoms with Crippen molar-refractivity contribution in [1.29, 1.82) is 0 Å². The first-order chi connectivity index (χ1) is 8.93.